The SMILES string of the molecule is CCCCCCCCCCCCCCCCCC(C)C(N)CCCCCCCCCCCCCCC. The van der Waals surface area contributed by atoms with Crippen molar-refractivity contribution in [2.75, 3.05) is 0 Å². The van der Waals surface area contributed by atoms with Crippen molar-refractivity contribution in [2.45, 2.75) is 219 Å². The average molecular weight is 508 g/mol. The van der Waals surface area contributed by atoms with Gasteiger partial charge in [0.2, 0.25) is 0 Å². The van der Waals surface area contributed by atoms with Crippen LogP contribution in [0.25, 0.3) is 0 Å². The molecule has 0 saturated carbocycles. The van der Waals surface area contributed by atoms with Gasteiger partial charge in [0.1, 0.15) is 0 Å². The van der Waals surface area contributed by atoms with E-state index >= 15 is 0 Å². The third-order valence-corrected chi connectivity index (χ3v) is 8.63. The number of nitrogens with two attached hydrogens (primary N) is 1. The lowest BCUT2D eigenvalue weighted by molar-refractivity contribution is 0.376. The maximum absolute atomic E-state index is 6.52. The second-order valence-electron chi connectivity index (χ2n) is 12.4. The van der Waals surface area contributed by atoms with E-state index in [-0.39, 0.29) is 0 Å². The van der Waals surface area contributed by atoms with E-state index in [4.69, 9.17) is 5.73 Å². The minimum atomic E-state index is 0.435. The molecule has 0 amide bonds. The molecule has 2 atom stereocenters. The van der Waals surface area contributed by atoms with Gasteiger partial charge in [0.25, 0.3) is 0 Å². The zero-order valence-corrected chi connectivity index (χ0v) is 25.9. The van der Waals surface area contributed by atoms with E-state index in [0.717, 1.165) is 0 Å². The van der Waals surface area contributed by atoms with Crippen LogP contribution in [-0.4, -0.2) is 6.04 Å². The Morgan fingerprint density at radius 1 is 0.333 bits per heavy atom. The predicted molar refractivity (Wildman–Crippen MR) is 167 cm³/mol. The number of hydrogen-bond donors (Lipinski definition) is 1. The monoisotopic (exact) mass is 508 g/mol. The zero-order valence-electron chi connectivity index (χ0n) is 25.9. The van der Waals surface area contributed by atoms with Crippen molar-refractivity contribution in [1.82, 2.24) is 0 Å². The molecule has 0 bridgehead atoms. The van der Waals surface area contributed by atoms with Gasteiger partial charge in [-0.05, 0) is 18.8 Å². The van der Waals surface area contributed by atoms with Gasteiger partial charge in [-0.15, -0.1) is 0 Å². The molecule has 0 saturated heterocycles. The van der Waals surface area contributed by atoms with E-state index in [2.05, 4.69) is 20.8 Å². The highest BCUT2D eigenvalue weighted by Gasteiger charge is 2.11. The van der Waals surface area contributed by atoms with Crippen molar-refractivity contribution in [2.24, 2.45) is 11.7 Å². The first-order valence-electron chi connectivity index (χ1n) is 17.5. The van der Waals surface area contributed by atoms with Crippen LogP contribution in [0.4, 0.5) is 0 Å². The van der Waals surface area contributed by atoms with Crippen molar-refractivity contribution in [3.8, 4) is 0 Å². The van der Waals surface area contributed by atoms with Crippen LogP contribution < -0.4 is 5.73 Å². The minimum absolute atomic E-state index is 0.435. The van der Waals surface area contributed by atoms with Crippen LogP contribution in [0.15, 0.2) is 0 Å². The maximum atomic E-state index is 6.52. The summed E-state index contributed by atoms with van der Waals surface area (Å²) in [5.41, 5.74) is 6.52. The van der Waals surface area contributed by atoms with Crippen molar-refractivity contribution < 1.29 is 0 Å². The molecule has 0 heterocycles. The van der Waals surface area contributed by atoms with Crippen LogP contribution in [0.5, 0.6) is 0 Å². The summed E-state index contributed by atoms with van der Waals surface area (Å²) in [6.45, 7) is 7.00. The molecule has 0 spiro atoms. The lowest BCUT2D eigenvalue weighted by Gasteiger charge is -2.19. The van der Waals surface area contributed by atoms with Gasteiger partial charge in [0.15, 0.2) is 0 Å². The molecule has 0 aromatic heterocycles. The molecule has 0 radical (unpaired) electrons. The van der Waals surface area contributed by atoms with Crippen LogP contribution >= 0.6 is 0 Å². The molecule has 0 aliphatic rings. The van der Waals surface area contributed by atoms with E-state index in [1.807, 2.05) is 0 Å². The summed E-state index contributed by atoms with van der Waals surface area (Å²) in [6, 6.07) is 0.435. The lowest BCUT2D eigenvalue weighted by atomic mass is 9.91. The molecule has 36 heavy (non-hydrogen) atoms. The summed E-state index contributed by atoms with van der Waals surface area (Å²) in [7, 11) is 0. The Balaban J connectivity index is 3.27. The van der Waals surface area contributed by atoms with Crippen molar-refractivity contribution >= 4 is 0 Å². The average Bonchev–Trinajstić information content (AvgIpc) is 2.88. The topological polar surface area (TPSA) is 26.0 Å². The Morgan fingerprint density at radius 3 is 0.833 bits per heavy atom. The zero-order chi connectivity index (χ0) is 26.4. The third-order valence-electron chi connectivity index (χ3n) is 8.63. The summed E-state index contributed by atoms with van der Waals surface area (Å²) in [5, 5.41) is 0. The first-order chi connectivity index (χ1) is 17.7. The number of hydrogen-bond acceptors (Lipinski definition) is 1. The normalized spacial score (nSPS) is 13.3. The highest BCUT2D eigenvalue weighted by Crippen LogP contribution is 2.19. The van der Waals surface area contributed by atoms with Crippen LogP contribution in [0.3, 0.4) is 0 Å². The Morgan fingerprint density at radius 2 is 0.556 bits per heavy atom. The quantitative estimate of drug-likeness (QED) is 0.0927. The fourth-order valence-electron chi connectivity index (χ4n) is 5.73. The van der Waals surface area contributed by atoms with Crippen molar-refractivity contribution in [3.63, 3.8) is 0 Å². The highest BCUT2D eigenvalue weighted by atomic mass is 14.6. The fourth-order valence-corrected chi connectivity index (χ4v) is 5.73. The summed E-state index contributed by atoms with van der Waals surface area (Å²) < 4.78 is 0. The third kappa shape index (κ3) is 28.5. The van der Waals surface area contributed by atoms with Gasteiger partial charge in [-0.25, -0.2) is 0 Å². The Kier molecular flexibility index (Phi) is 31.1. The summed E-state index contributed by atoms with van der Waals surface area (Å²) >= 11 is 0. The summed E-state index contributed by atoms with van der Waals surface area (Å²) in [6.07, 6.45) is 43.0. The summed E-state index contributed by atoms with van der Waals surface area (Å²) in [4.78, 5) is 0. The molecule has 1 nitrogen and oxygen atoms in total. The largest absolute Gasteiger partial charge is 0.327 e. The van der Waals surface area contributed by atoms with Crippen LogP contribution in [0, 0.1) is 5.92 Å². The fraction of sp³-hybridized carbons (Fsp3) is 1.00. The van der Waals surface area contributed by atoms with Gasteiger partial charge in [-0.1, -0.05) is 201 Å². The molecule has 0 fully saturated rings. The number of unbranched alkanes of at least 4 members (excludes halogenated alkanes) is 26. The molecule has 1 heteroatoms. The molecular weight excluding hydrogens is 434 g/mol. The Labute approximate surface area is 230 Å². The molecule has 0 aliphatic heterocycles. The standard InChI is InChI=1S/C35H73N/c1-4-6-8-10-12-14-16-18-19-21-22-24-26-28-30-32-34(3)35(36)33-31-29-27-25-23-20-17-15-13-11-9-7-5-2/h34-35H,4-33,36H2,1-3H3. The lowest BCUT2D eigenvalue weighted by Crippen LogP contribution is -2.28. The van der Waals surface area contributed by atoms with Crippen molar-refractivity contribution in [1.29, 1.82) is 0 Å². The van der Waals surface area contributed by atoms with Gasteiger partial charge in [0, 0.05) is 6.04 Å². The second-order valence-corrected chi connectivity index (χ2v) is 12.4. The molecule has 0 aromatic carbocycles. The van der Waals surface area contributed by atoms with Gasteiger partial charge >= 0.3 is 0 Å². The van der Waals surface area contributed by atoms with Gasteiger partial charge in [0.05, 0.1) is 0 Å². The van der Waals surface area contributed by atoms with Gasteiger partial charge in [-0.2, -0.15) is 0 Å². The maximum Gasteiger partial charge on any atom is 0.00645 e. The van der Waals surface area contributed by atoms with Crippen LogP contribution in [-0.2, 0) is 0 Å². The minimum Gasteiger partial charge on any atom is -0.327 e. The molecule has 218 valence electrons. The smallest absolute Gasteiger partial charge is 0.00645 e. The molecule has 2 N–H and O–H groups in total. The van der Waals surface area contributed by atoms with Gasteiger partial charge < -0.3 is 5.73 Å². The molecular formula is C35H73N. The second kappa shape index (κ2) is 31.2. The summed E-state index contributed by atoms with van der Waals surface area (Å²) in [5.74, 6) is 0.712. The van der Waals surface area contributed by atoms with E-state index in [1.54, 1.807) is 0 Å². The highest BCUT2D eigenvalue weighted by molar-refractivity contribution is 4.69. The van der Waals surface area contributed by atoms with E-state index in [1.165, 1.54) is 193 Å². The van der Waals surface area contributed by atoms with Crippen molar-refractivity contribution in [3.05, 3.63) is 0 Å². The van der Waals surface area contributed by atoms with Crippen LogP contribution in [0.1, 0.15) is 213 Å². The van der Waals surface area contributed by atoms with E-state index < -0.39 is 0 Å². The first-order valence-corrected chi connectivity index (χ1v) is 17.5. The predicted octanol–water partition coefficient (Wildman–Crippen LogP) is 12.7. The molecule has 0 aliphatic carbocycles. The van der Waals surface area contributed by atoms with Crippen LogP contribution in [0.2, 0.25) is 0 Å². The molecule has 0 rings (SSSR count). The molecule has 0 aromatic rings. The molecule has 2 unspecified atom stereocenters. The first kappa shape index (κ1) is 36.0. The number of rotatable bonds is 31. The Bertz CT molecular complexity index is 379. The van der Waals surface area contributed by atoms with E-state index in [9.17, 15) is 0 Å². The van der Waals surface area contributed by atoms with E-state index in [0.29, 0.717) is 12.0 Å². The van der Waals surface area contributed by atoms with Gasteiger partial charge in [-0.3, -0.25) is 0 Å². The Hall–Kier alpha value is -0.0400.